The molecule has 2 N–H and O–H groups in total. The maximum Gasteiger partial charge on any atom is 0.328 e. The highest BCUT2D eigenvalue weighted by Gasteiger charge is 1.96. The van der Waals surface area contributed by atoms with Gasteiger partial charge in [-0.15, -0.1) is 0 Å². The summed E-state index contributed by atoms with van der Waals surface area (Å²) >= 11 is 0. The Morgan fingerprint density at radius 3 is 2.50 bits per heavy atom. The lowest BCUT2D eigenvalue weighted by Gasteiger charge is -2.08. The van der Waals surface area contributed by atoms with Crippen LogP contribution in [-0.4, -0.2) is 49.1 Å². The lowest BCUT2D eigenvalue weighted by molar-refractivity contribution is -0.131. The first kappa shape index (κ1) is 12.6. The monoisotopic (exact) mass is 200 g/mol. The third-order valence-electron chi connectivity index (χ3n) is 1.46. The van der Waals surface area contributed by atoms with E-state index in [1.54, 1.807) is 0 Å². The predicted molar refractivity (Wildman–Crippen MR) is 53.0 cm³/mol. The Balaban J connectivity index is 3.50. The number of aliphatic carboxylic acids is 1. The van der Waals surface area contributed by atoms with Crippen LogP contribution in [0.5, 0.6) is 0 Å². The van der Waals surface area contributed by atoms with E-state index < -0.39 is 5.97 Å². The van der Waals surface area contributed by atoms with Crippen LogP contribution in [0.1, 0.15) is 6.42 Å². The molecule has 0 aromatic rings. The van der Waals surface area contributed by atoms with Crippen molar-refractivity contribution < 1.29 is 14.7 Å². The van der Waals surface area contributed by atoms with Crippen molar-refractivity contribution in [2.24, 2.45) is 0 Å². The van der Waals surface area contributed by atoms with Gasteiger partial charge in [-0.25, -0.2) is 4.79 Å². The summed E-state index contributed by atoms with van der Waals surface area (Å²) in [4.78, 5) is 23.0. The summed E-state index contributed by atoms with van der Waals surface area (Å²) in [5, 5.41) is 10.8. The first-order chi connectivity index (χ1) is 6.52. The number of carboxylic acids is 1. The molecular formula is C9H16N2O3. The Morgan fingerprint density at radius 2 is 2.00 bits per heavy atom. The number of rotatable bonds is 6. The number of nitrogens with zero attached hydrogens (tertiary/aromatic N) is 1. The molecule has 0 saturated carbocycles. The second kappa shape index (κ2) is 7.08. The molecule has 0 bridgehead atoms. The van der Waals surface area contributed by atoms with Gasteiger partial charge in [0.15, 0.2) is 0 Å². The van der Waals surface area contributed by atoms with Crippen molar-refractivity contribution in [2.75, 3.05) is 27.2 Å². The smallest absolute Gasteiger partial charge is 0.328 e. The zero-order valence-corrected chi connectivity index (χ0v) is 8.49. The zero-order chi connectivity index (χ0) is 11.0. The summed E-state index contributed by atoms with van der Waals surface area (Å²) < 4.78 is 0. The van der Waals surface area contributed by atoms with E-state index in [0.717, 1.165) is 25.1 Å². The molecular weight excluding hydrogens is 184 g/mol. The van der Waals surface area contributed by atoms with Crippen molar-refractivity contribution in [2.45, 2.75) is 6.42 Å². The van der Waals surface area contributed by atoms with Crippen LogP contribution in [0.4, 0.5) is 0 Å². The standard InChI is InChI=1S/C9H16N2O3/c1-11(2)7-3-6-10-8(12)4-5-9(13)14/h4-5H,3,6-7H2,1-2H3,(H,10,12)(H,13,14)/b5-4-. The van der Waals surface area contributed by atoms with Crippen LogP contribution in [0, 0.1) is 0 Å². The van der Waals surface area contributed by atoms with Crippen molar-refractivity contribution in [3.63, 3.8) is 0 Å². The maximum atomic E-state index is 10.9. The van der Waals surface area contributed by atoms with Crippen LogP contribution >= 0.6 is 0 Å². The molecule has 0 unspecified atom stereocenters. The second-order valence-corrected chi connectivity index (χ2v) is 3.12. The fourth-order valence-electron chi connectivity index (χ4n) is 0.813. The predicted octanol–water partition coefficient (Wildman–Crippen LogP) is -0.305. The molecule has 0 aliphatic rings. The Labute approximate surface area is 83.4 Å². The minimum Gasteiger partial charge on any atom is -0.478 e. The fraction of sp³-hybridized carbons (Fsp3) is 0.556. The highest BCUT2D eigenvalue weighted by Crippen LogP contribution is 1.81. The SMILES string of the molecule is CN(C)CCCNC(=O)/C=C\C(=O)O. The Kier molecular flexibility index (Phi) is 6.39. The molecule has 0 aliphatic heterocycles. The minimum atomic E-state index is -1.12. The number of amides is 1. The molecule has 5 nitrogen and oxygen atoms in total. The van der Waals surface area contributed by atoms with Gasteiger partial charge in [-0.2, -0.15) is 0 Å². The normalized spacial score (nSPS) is 10.8. The van der Waals surface area contributed by atoms with E-state index in [4.69, 9.17) is 5.11 Å². The van der Waals surface area contributed by atoms with Crippen LogP contribution in [0.25, 0.3) is 0 Å². The lowest BCUT2D eigenvalue weighted by Crippen LogP contribution is -2.25. The van der Waals surface area contributed by atoms with Gasteiger partial charge in [-0.3, -0.25) is 4.79 Å². The van der Waals surface area contributed by atoms with E-state index >= 15 is 0 Å². The van der Waals surface area contributed by atoms with Gasteiger partial charge in [-0.05, 0) is 27.1 Å². The van der Waals surface area contributed by atoms with Crippen molar-refractivity contribution in [3.05, 3.63) is 12.2 Å². The van der Waals surface area contributed by atoms with Crippen molar-refractivity contribution in [1.29, 1.82) is 0 Å². The Hall–Kier alpha value is -1.36. The molecule has 0 atom stereocenters. The third kappa shape index (κ3) is 8.73. The van der Waals surface area contributed by atoms with E-state index in [-0.39, 0.29) is 5.91 Å². The molecule has 5 heteroatoms. The number of carbonyl (C=O) groups is 2. The maximum absolute atomic E-state index is 10.9. The first-order valence-electron chi connectivity index (χ1n) is 4.36. The van der Waals surface area contributed by atoms with Gasteiger partial charge >= 0.3 is 5.97 Å². The molecule has 14 heavy (non-hydrogen) atoms. The average molecular weight is 200 g/mol. The molecule has 1 amide bonds. The largest absolute Gasteiger partial charge is 0.478 e. The van der Waals surface area contributed by atoms with Gasteiger partial charge in [0.25, 0.3) is 0 Å². The Morgan fingerprint density at radius 1 is 1.36 bits per heavy atom. The summed E-state index contributed by atoms with van der Waals surface area (Å²) in [6, 6.07) is 0. The fourth-order valence-corrected chi connectivity index (χ4v) is 0.813. The molecule has 0 heterocycles. The van der Waals surface area contributed by atoms with Gasteiger partial charge in [0, 0.05) is 18.7 Å². The minimum absolute atomic E-state index is 0.369. The van der Waals surface area contributed by atoms with E-state index in [9.17, 15) is 9.59 Å². The van der Waals surface area contributed by atoms with Gasteiger partial charge < -0.3 is 15.3 Å². The van der Waals surface area contributed by atoms with E-state index in [1.165, 1.54) is 0 Å². The third-order valence-corrected chi connectivity index (χ3v) is 1.46. The van der Waals surface area contributed by atoms with Gasteiger partial charge in [-0.1, -0.05) is 0 Å². The topological polar surface area (TPSA) is 69.6 Å². The van der Waals surface area contributed by atoms with Crippen molar-refractivity contribution in [1.82, 2.24) is 10.2 Å². The molecule has 0 saturated heterocycles. The van der Waals surface area contributed by atoms with Crippen LogP contribution in [0.15, 0.2) is 12.2 Å². The van der Waals surface area contributed by atoms with Gasteiger partial charge in [0.2, 0.25) is 5.91 Å². The molecule has 80 valence electrons. The number of hydrogen-bond donors (Lipinski definition) is 2. The highest BCUT2D eigenvalue weighted by atomic mass is 16.4. The summed E-state index contributed by atoms with van der Waals surface area (Å²) in [5.74, 6) is -1.49. The van der Waals surface area contributed by atoms with Crippen LogP contribution in [0.3, 0.4) is 0 Å². The second-order valence-electron chi connectivity index (χ2n) is 3.12. The average Bonchev–Trinajstić information content (AvgIpc) is 2.08. The van der Waals surface area contributed by atoms with E-state index in [0.29, 0.717) is 6.54 Å². The van der Waals surface area contributed by atoms with Crippen molar-refractivity contribution >= 4 is 11.9 Å². The van der Waals surface area contributed by atoms with Gasteiger partial charge in [0.1, 0.15) is 0 Å². The summed E-state index contributed by atoms with van der Waals surface area (Å²) in [6.07, 6.45) is 2.68. The molecule has 0 radical (unpaired) electrons. The summed E-state index contributed by atoms with van der Waals surface area (Å²) in [7, 11) is 3.90. The highest BCUT2D eigenvalue weighted by molar-refractivity contribution is 5.93. The summed E-state index contributed by atoms with van der Waals surface area (Å²) in [5.41, 5.74) is 0. The number of nitrogens with one attached hydrogen (secondary N) is 1. The number of hydrogen-bond acceptors (Lipinski definition) is 3. The number of carbonyl (C=O) groups excluding carboxylic acids is 1. The lowest BCUT2D eigenvalue weighted by atomic mass is 10.4. The molecule has 0 aliphatic carbocycles. The molecule has 0 aromatic heterocycles. The summed E-state index contributed by atoms with van der Waals surface area (Å²) in [6.45, 7) is 1.45. The van der Waals surface area contributed by atoms with Crippen LogP contribution < -0.4 is 5.32 Å². The molecule has 0 rings (SSSR count). The zero-order valence-electron chi connectivity index (χ0n) is 8.49. The molecule has 0 fully saturated rings. The van der Waals surface area contributed by atoms with Crippen LogP contribution in [0.2, 0.25) is 0 Å². The van der Waals surface area contributed by atoms with Crippen LogP contribution in [-0.2, 0) is 9.59 Å². The first-order valence-corrected chi connectivity index (χ1v) is 4.36. The van der Waals surface area contributed by atoms with E-state index in [2.05, 4.69) is 5.32 Å². The molecule has 0 aromatic carbocycles. The Bertz CT molecular complexity index is 224. The quantitative estimate of drug-likeness (QED) is 0.456. The van der Waals surface area contributed by atoms with E-state index in [1.807, 2.05) is 19.0 Å². The number of carboxylic acid groups (broad SMARTS) is 1. The molecule has 0 spiro atoms. The van der Waals surface area contributed by atoms with Crippen molar-refractivity contribution in [3.8, 4) is 0 Å². The van der Waals surface area contributed by atoms with Gasteiger partial charge in [0.05, 0.1) is 0 Å².